The van der Waals surface area contributed by atoms with Crippen molar-refractivity contribution in [3.8, 4) is 5.75 Å². The minimum absolute atomic E-state index is 0.303. The van der Waals surface area contributed by atoms with Crippen LogP contribution in [0.5, 0.6) is 5.75 Å². The van der Waals surface area contributed by atoms with Crippen molar-refractivity contribution >= 4 is 0 Å². The predicted octanol–water partition coefficient (Wildman–Crippen LogP) is 2.70. The summed E-state index contributed by atoms with van der Waals surface area (Å²) < 4.78 is 0. The molecule has 3 rings (SSSR count). The highest BCUT2D eigenvalue weighted by Crippen LogP contribution is 2.20. The quantitative estimate of drug-likeness (QED) is 0.909. The SMILES string of the molecule is Cc1ccc(O)c(CN2CCc3ccccc3CC2)n1. The standard InChI is InChI=1S/C17H20N2O/c1-13-6-7-17(20)16(18-13)12-19-10-8-14-4-2-3-5-15(14)9-11-19/h2-7,20H,8-12H2,1H3. The van der Waals surface area contributed by atoms with Gasteiger partial charge in [0.1, 0.15) is 5.75 Å². The van der Waals surface area contributed by atoms with Gasteiger partial charge in [0.25, 0.3) is 0 Å². The normalized spacial score (nSPS) is 15.7. The minimum Gasteiger partial charge on any atom is -0.506 e. The molecule has 0 atom stereocenters. The molecule has 0 bridgehead atoms. The third-order valence-electron chi connectivity index (χ3n) is 3.98. The molecule has 0 saturated carbocycles. The van der Waals surface area contributed by atoms with Crippen molar-refractivity contribution in [3.63, 3.8) is 0 Å². The van der Waals surface area contributed by atoms with Crippen molar-refractivity contribution in [2.75, 3.05) is 13.1 Å². The van der Waals surface area contributed by atoms with E-state index >= 15 is 0 Å². The van der Waals surface area contributed by atoms with Gasteiger partial charge < -0.3 is 5.11 Å². The zero-order valence-corrected chi connectivity index (χ0v) is 11.8. The van der Waals surface area contributed by atoms with Crippen molar-refractivity contribution < 1.29 is 5.11 Å². The average Bonchev–Trinajstić information content (AvgIpc) is 2.66. The Bertz CT molecular complexity index is 583. The summed E-state index contributed by atoms with van der Waals surface area (Å²) in [6.45, 7) is 4.72. The first kappa shape index (κ1) is 13.1. The Balaban J connectivity index is 1.73. The Labute approximate surface area is 119 Å². The maximum Gasteiger partial charge on any atom is 0.138 e. The lowest BCUT2D eigenvalue weighted by atomic mass is 10.0. The van der Waals surface area contributed by atoms with Gasteiger partial charge in [-0.2, -0.15) is 0 Å². The molecule has 1 N–H and O–H groups in total. The maximum atomic E-state index is 9.92. The largest absolute Gasteiger partial charge is 0.506 e. The zero-order chi connectivity index (χ0) is 13.9. The van der Waals surface area contributed by atoms with E-state index < -0.39 is 0 Å². The van der Waals surface area contributed by atoms with Crippen LogP contribution in [0.4, 0.5) is 0 Å². The van der Waals surface area contributed by atoms with Crippen LogP contribution >= 0.6 is 0 Å². The van der Waals surface area contributed by atoms with Gasteiger partial charge in [0, 0.05) is 25.3 Å². The van der Waals surface area contributed by atoms with Crippen molar-refractivity contribution in [1.82, 2.24) is 9.88 Å². The van der Waals surface area contributed by atoms with E-state index in [0.717, 1.165) is 43.9 Å². The fraction of sp³-hybridized carbons (Fsp3) is 0.353. The first-order chi connectivity index (χ1) is 9.72. The lowest BCUT2D eigenvalue weighted by Gasteiger charge is -2.19. The lowest BCUT2D eigenvalue weighted by molar-refractivity contribution is 0.271. The molecular formula is C17H20N2O. The Kier molecular flexibility index (Phi) is 3.70. The number of hydrogen-bond acceptors (Lipinski definition) is 3. The highest BCUT2D eigenvalue weighted by atomic mass is 16.3. The lowest BCUT2D eigenvalue weighted by Crippen LogP contribution is -2.26. The molecule has 1 aromatic heterocycles. The highest BCUT2D eigenvalue weighted by Gasteiger charge is 2.15. The first-order valence-electron chi connectivity index (χ1n) is 7.17. The number of aryl methyl sites for hydroxylation is 1. The second-order valence-corrected chi connectivity index (χ2v) is 5.46. The molecule has 3 heteroatoms. The Morgan fingerprint density at radius 2 is 1.70 bits per heavy atom. The first-order valence-corrected chi connectivity index (χ1v) is 7.17. The Morgan fingerprint density at radius 1 is 1.05 bits per heavy atom. The van der Waals surface area contributed by atoms with Gasteiger partial charge in [0.15, 0.2) is 0 Å². The van der Waals surface area contributed by atoms with Crippen LogP contribution in [0.15, 0.2) is 36.4 Å². The van der Waals surface area contributed by atoms with Gasteiger partial charge >= 0.3 is 0 Å². The zero-order valence-electron chi connectivity index (χ0n) is 11.8. The van der Waals surface area contributed by atoms with E-state index in [1.54, 1.807) is 6.07 Å². The van der Waals surface area contributed by atoms with E-state index in [1.165, 1.54) is 11.1 Å². The molecule has 0 amide bonds. The summed E-state index contributed by atoms with van der Waals surface area (Å²) in [5, 5.41) is 9.92. The number of fused-ring (bicyclic) bond motifs is 1. The summed E-state index contributed by atoms with van der Waals surface area (Å²) in [5.41, 5.74) is 4.65. The molecule has 0 saturated heterocycles. The molecule has 2 aromatic rings. The summed E-state index contributed by atoms with van der Waals surface area (Å²) in [4.78, 5) is 6.83. The van der Waals surface area contributed by atoms with Crippen LogP contribution in [0.3, 0.4) is 0 Å². The summed E-state index contributed by atoms with van der Waals surface area (Å²) in [6, 6.07) is 12.3. The molecule has 0 radical (unpaired) electrons. The van der Waals surface area contributed by atoms with Crippen molar-refractivity contribution in [2.24, 2.45) is 0 Å². The van der Waals surface area contributed by atoms with Gasteiger partial charge in [-0.1, -0.05) is 24.3 Å². The predicted molar refractivity (Wildman–Crippen MR) is 79.8 cm³/mol. The highest BCUT2D eigenvalue weighted by molar-refractivity contribution is 5.30. The van der Waals surface area contributed by atoms with Crippen LogP contribution in [0.25, 0.3) is 0 Å². The number of benzene rings is 1. The number of aromatic nitrogens is 1. The van der Waals surface area contributed by atoms with Crippen LogP contribution in [0.2, 0.25) is 0 Å². The fourth-order valence-corrected chi connectivity index (χ4v) is 2.80. The summed E-state index contributed by atoms with van der Waals surface area (Å²) >= 11 is 0. The summed E-state index contributed by atoms with van der Waals surface area (Å²) in [5.74, 6) is 0.303. The van der Waals surface area contributed by atoms with Gasteiger partial charge in [0.2, 0.25) is 0 Å². The number of pyridine rings is 1. The smallest absolute Gasteiger partial charge is 0.138 e. The Hall–Kier alpha value is -1.87. The van der Waals surface area contributed by atoms with Crippen LogP contribution in [0.1, 0.15) is 22.5 Å². The molecule has 3 nitrogen and oxygen atoms in total. The van der Waals surface area contributed by atoms with Crippen LogP contribution in [0, 0.1) is 6.92 Å². The molecule has 0 aliphatic carbocycles. The third-order valence-corrected chi connectivity index (χ3v) is 3.98. The van der Waals surface area contributed by atoms with Crippen LogP contribution in [-0.4, -0.2) is 28.1 Å². The molecule has 0 fully saturated rings. The van der Waals surface area contributed by atoms with Crippen molar-refractivity contribution in [1.29, 1.82) is 0 Å². The van der Waals surface area contributed by atoms with Gasteiger partial charge in [-0.25, -0.2) is 0 Å². The minimum atomic E-state index is 0.303. The van der Waals surface area contributed by atoms with E-state index in [9.17, 15) is 5.11 Å². The van der Waals surface area contributed by atoms with Gasteiger partial charge in [-0.3, -0.25) is 9.88 Å². The van der Waals surface area contributed by atoms with E-state index in [4.69, 9.17) is 0 Å². The molecule has 1 aromatic carbocycles. The van der Waals surface area contributed by atoms with Gasteiger partial charge in [-0.05, 0) is 43.0 Å². The number of rotatable bonds is 2. The molecule has 104 valence electrons. The van der Waals surface area contributed by atoms with Crippen molar-refractivity contribution in [2.45, 2.75) is 26.3 Å². The van der Waals surface area contributed by atoms with E-state index in [0.29, 0.717) is 5.75 Å². The molecule has 1 aliphatic heterocycles. The van der Waals surface area contributed by atoms with Crippen molar-refractivity contribution in [3.05, 3.63) is 58.9 Å². The third kappa shape index (κ3) is 2.83. The van der Waals surface area contributed by atoms with E-state index in [-0.39, 0.29) is 0 Å². The van der Waals surface area contributed by atoms with E-state index in [2.05, 4.69) is 34.1 Å². The van der Waals surface area contributed by atoms with Crippen LogP contribution < -0.4 is 0 Å². The monoisotopic (exact) mass is 268 g/mol. The topological polar surface area (TPSA) is 36.4 Å². The average molecular weight is 268 g/mol. The molecular weight excluding hydrogens is 248 g/mol. The molecule has 20 heavy (non-hydrogen) atoms. The van der Waals surface area contributed by atoms with Gasteiger partial charge in [0.05, 0.1) is 5.69 Å². The number of nitrogens with zero attached hydrogens (tertiary/aromatic N) is 2. The van der Waals surface area contributed by atoms with Gasteiger partial charge in [-0.15, -0.1) is 0 Å². The van der Waals surface area contributed by atoms with Crippen LogP contribution in [-0.2, 0) is 19.4 Å². The second kappa shape index (κ2) is 5.63. The molecule has 1 aliphatic rings. The molecule has 0 unspecified atom stereocenters. The Morgan fingerprint density at radius 3 is 2.35 bits per heavy atom. The number of aromatic hydroxyl groups is 1. The number of hydrogen-bond donors (Lipinski definition) is 1. The second-order valence-electron chi connectivity index (χ2n) is 5.46. The summed E-state index contributed by atoms with van der Waals surface area (Å²) in [7, 11) is 0. The molecule has 2 heterocycles. The molecule has 0 spiro atoms. The summed E-state index contributed by atoms with van der Waals surface area (Å²) in [6.07, 6.45) is 2.14. The van der Waals surface area contributed by atoms with E-state index in [1.807, 2.05) is 13.0 Å². The maximum absolute atomic E-state index is 9.92. The fourth-order valence-electron chi connectivity index (χ4n) is 2.80.